The van der Waals surface area contributed by atoms with Crippen LogP contribution in [0.5, 0.6) is 5.75 Å². The average molecular weight is 533 g/mol. The first kappa shape index (κ1) is 27.3. The third-order valence-corrected chi connectivity index (χ3v) is 8.39. The Kier molecular flexibility index (Phi) is 8.63. The average Bonchev–Trinajstić information content (AvgIpc) is 3.37. The zero-order chi connectivity index (χ0) is 27.4. The van der Waals surface area contributed by atoms with Gasteiger partial charge in [0, 0.05) is 44.1 Å². The fourth-order valence-corrected chi connectivity index (χ4v) is 5.52. The molecule has 3 aliphatic rings. The first-order chi connectivity index (χ1) is 18.9. The molecular formula is C31H40N4O4. The summed E-state index contributed by atoms with van der Waals surface area (Å²) < 4.78 is 11.1. The van der Waals surface area contributed by atoms with Crippen LogP contribution in [0.3, 0.4) is 0 Å². The minimum atomic E-state index is -0.301. The van der Waals surface area contributed by atoms with Gasteiger partial charge in [0.05, 0.1) is 32.1 Å². The Balaban J connectivity index is 1.40. The predicted molar refractivity (Wildman–Crippen MR) is 151 cm³/mol. The molecule has 2 amide bonds. The van der Waals surface area contributed by atoms with E-state index in [0.717, 1.165) is 61.5 Å². The third-order valence-electron chi connectivity index (χ3n) is 8.39. The van der Waals surface area contributed by atoms with Crippen molar-refractivity contribution in [2.45, 2.75) is 45.6 Å². The van der Waals surface area contributed by atoms with E-state index in [4.69, 9.17) is 14.6 Å². The molecule has 39 heavy (non-hydrogen) atoms. The van der Waals surface area contributed by atoms with E-state index in [2.05, 4.69) is 36.9 Å². The minimum absolute atomic E-state index is 0.0228. The molecule has 0 unspecified atom stereocenters. The van der Waals surface area contributed by atoms with Crippen LogP contribution in [0.2, 0.25) is 0 Å². The number of methoxy groups -OCH3 is 1. The molecule has 1 atom stereocenters. The van der Waals surface area contributed by atoms with E-state index < -0.39 is 0 Å². The van der Waals surface area contributed by atoms with E-state index in [1.54, 1.807) is 17.0 Å². The van der Waals surface area contributed by atoms with Crippen molar-refractivity contribution in [3.63, 3.8) is 0 Å². The fraction of sp³-hybridized carbons (Fsp3) is 0.516. The van der Waals surface area contributed by atoms with Crippen molar-refractivity contribution in [1.29, 1.82) is 0 Å². The van der Waals surface area contributed by atoms with Gasteiger partial charge in [0.15, 0.2) is 0 Å². The molecule has 208 valence electrons. The molecule has 0 radical (unpaired) electrons. The van der Waals surface area contributed by atoms with Gasteiger partial charge in [-0.2, -0.15) is 5.10 Å². The van der Waals surface area contributed by atoms with Crippen LogP contribution >= 0.6 is 0 Å². The van der Waals surface area contributed by atoms with E-state index in [1.807, 2.05) is 24.3 Å². The summed E-state index contributed by atoms with van der Waals surface area (Å²) in [5.74, 6) is 0.681. The minimum Gasteiger partial charge on any atom is -0.496 e. The fourth-order valence-electron chi connectivity index (χ4n) is 5.52. The predicted octanol–water partition coefficient (Wildman–Crippen LogP) is 3.95. The summed E-state index contributed by atoms with van der Waals surface area (Å²) in [7, 11) is 1.65. The number of hydrazone groups is 1. The first-order valence-electron chi connectivity index (χ1n) is 14.1. The molecule has 1 aliphatic carbocycles. The highest BCUT2D eigenvalue weighted by Gasteiger charge is 2.37. The molecule has 2 aromatic rings. The molecule has 2 aliphatic heterocycles. The number of ether oxygens (including phenoxy) is 2. The van der Waals surface area contributed by atoms with Crippen LogP contribution in [0.1, 0.15) is 54.0 Å². The number of morpholine rings is 1. The first-order valence-corrected chi connectivity index (χ1v) is 14.1. The van der Waals surface area contributed by atoms with Gasteiger partial charge >= 0.3 is 0 Å². The Labute approximate surface area is 231 Å². The summed E-state index contributed by atoms with van der Waals surface area (Å²) in [6.07, 6.45) is 3.47. The second-order valence-corrected chi connectivity index (χ2v) is 10.9. The Hall–Kier alpha value is -3.23. The number of hydrogen-bond donors (Lipinski definition) is 0. The number of para-hydroxylation sites is 1. The van der Waals surface area contributed by atoms with E-state index >= 15 is 0 Å². The van der Waals surface area contributed by atoms with Gasteiger partial charge in [-0.05, 0) is 55.5 Å². The maximum atomic E-state index is 14.0. The number of rotatable bonds is 9. The normalized spacial score (nSPS) is 19.9. The van der Waals surface area contributed by atoms with Crippen LogP contribution in [0.15, 0.2) is 47.6 Å². The number of benzene rings is 2. The van der Waals surface area contributed by atoms with Gasteiger partial charge in [0.1, 0.15) is 12.3 Å². The zero-order valence-corrected chi connectivity index (χ0v) is 23.4. The monoisotopic (exact) mass is 532 g/mol. The molecule has 2 fully saturated rings. The van der Waals surface area contributed by atoms with Gasteiger partial charge < -0.3 is 14.4 Å². The summed E-state index contributed by atoms with van der Waals surface area (Å²) in [5.41, 5.74) is 5.21. The Morgan fingerprint density at radius 2 is 1.85 bits per heavy atom. The summed E-state index contributed by atoms with van der Waals surface area (Å²) in [5, 5.41) is 6.48. The summed E-state index contributed by atoms with van der Waals surface area (Å²) in [6, 6.07) is 13.8. The van der Waals surface area contributed by atoms with Crippen LogP contribution in [-0.4, -0.2) is 85.4 Å². The van der Waals surface area contributed by atoms with Gasteiger partial charge in [-0.15, -0.1) is 0 Å². The van der Waals surface area contributed by atoms with Crippen LogP contribution in [0, 0.1) is 19.8 Å². The van der Waals surface area contributed by atoms with E-state index in [9.17, 15) is 9.59 Å². The highest BCUT2D eigenvalue weighted by Crippen LogP contribution is 2.38. The number of carbonyl (C=O) groups excluding carboxylic acids is 2. The van der Waals surface area contributed by atoms with Crippen molar-refractivity contribution in [1.82, 2.24) is 14.8 Å². The number of hydrogen-bond acceptors (Lipinski definition) is 6. The Morgan fingerprint density at radius 3 is 2.54 bits per heavy atom. The molecule has 2 aromatic carbocycles. The highest BCUT2D eigenvalue weighted by molar-refractivity contribution is 6.03. The lowest BCUT2D eigenvalue weighted by molar-refractivity contribution is -0.145. The quantitative estimate of drug-likeness (QED) is 0.489. The lowest BCUT2D eigenvalue weighted by atomic mass is 9.84. The second-order valence-electron chi connectivity index (χ2n) is 10.9. The van der Waals surface area contributed by atoms with Gasteiger partial charge in [-0.1, -0.05) is 36.8 Å². The molecule has 2 heterocycles. The summed E-state index contributed by atoms with van der Waals surface area (Å²) in [4.78, 5) is 31.5. The maximum absolute atomic E-state index is 14.0. The Bertz CT molecular complexity index is 1220. The van der Waals surface area contributed by atoms with Crippen LogP contribution in [0.4, 0.5) is 0 Å². The van der Waals surface area contributed by atoms with Crippen LogP contribution < -0.4 is 4.74 Å². The molecule has 0 aromatic heterocycles. The van der Waals surface area contributed by atoms with Crippen LogP contribution in [0.25, 0.3) is 0 Å². The zero-order valence-electron chi connectivity index (χ0n) is 23.4. The van der Waals surface area contributed by atoms with Gasteiger partial charge in [-0.25, -0.2) is 5.01 Å². The molecule has 1 saturated heterocycles. The number of carbonyl (C=O) groups is 2. The molecule has 0 bridgehead atoms. The number of aryl methyl sites for hydroxylation is 2. The molecular weight excluding hydrogens is 492 g/mol. The smallest absolute Gasteiger partial charge is 0.262 e. The third kappa shape index (κ3) is 6.17. The van der Waals surface area contributed by atoms with Gasteiger partial charge in [0.25, 0.3) is 5.91 Å². The molecule has 5 rings (SSSR count). The molecule has 8 heteroatoms. The van der Waals surface area contributed by atoms with E-state index in [-0.39, 0.29) is 30.3 Å². The molecule has 8 nitrogen and oxygen atoms in total. The topological polar surface area (TPSA) is 74.7 Å². The van der Waals surface area contributed by atoms with Gasteiger partial charge in [-0.3, -0.25) is 14.5 Å². The number of amides is 2. The SMILES string of the molecule is COc1ccccc1[C@H]1CC(c2ccc(C)c(C)c2)=NN1C(=O)CN(CCN1CCOCC1)C(=O)C1CCC1. The molecule has 1 saturated carbocycles. The lowest BCUT2D eigenvalue weighted by Gasteiger charge is -2.34. The van der Waals surface area contributed by atoms with Crippen molar-refractivity contribution >= 4 is 17.5 Å². The van der Waals surface area contributed by atoms with Crippen LogP contribution in [-0.2, 0) is 14.3 Å². The Morgan fingerprint density at radius 1 is 1.08 bits per heavy atom. The summed E-state index contributed by atoms with van der Waals surface area (Å²) >= 11 is 0. The summed E-state index contributed by atoms with van der Waals surface area (Å²) in [6.45, 7) is 8.59. The van der Waals surface area contributed by atoms with Crippen molar-refractivity contribution in [3.8, 4) is 5.75 Å². The number of nitrogens with zero attached hydrogens (tertiary/aromatic N) is 4. The lowest BCUT2D eigenvalue weighted by Crippen LogP contribution is -2.49. The van der Waals surface area contributed by atoms with Crippen molar-refractivity contribution in [2.24, 2.45) is 11.0 Å². The largest absolute Gasteiger partial charge is 0.496 e. The van der Waals surface area contributed by atoms with E-state index in [0.29, 0.717) is 26.2 Å². The maximum Gasteiger partial charge on any atom is 0.262 e. The van der Waals surface area contributed by atoms with Crippen molar-refractivity contribution in [2.75, 3.05) is 53.0 Å². The van der Waals surface area contributed by atoms with Crippen molar-refractivity contribution in [3.05, 3.63) is 64.7 Å². The molecule has 0 N–H and O–H groups in total. The molecule has 0 spiro atoms. The van der Waals surface area contributed by atoms with Crippen molar-refractivity contribution < 1.29 is 19.1 Å². The van der Waals surface area contributed by atoms with E-state index in [1.165, 1.54) is 11.1 Å². The van der Waals surface area contributed by atoms with Gasteiger partial charge in [0.2, 0.25) is 5.91 Å². The second kappa shape index (κ2) is 12.3. The highest BCUT2D eigenvalue weighted by atomic mass is 16.5. The standard InChI is InChI=1S/C31H40N4O4/c1-22-11-12-25(19-23(22)2)27-20-28(26-9-4-5-10-29(26)38-3)35(32-27)30(36)21-34(31(37)24-7-6-8-24)14-13-33-15-17-39-18-16-33/h4-5,9-12,19,24,28H,6-8,13-18,20-21H2,1-3H3/t28-/m1/s1.